The van der Waals surface area contributed by atoms with Crippen molar-refractivity contribution in [2.45, 2.75) is 0 Å². The van der Waals surface area contributed by atoms with Crippen LogP contribution in [0.5, 0.6) is 23.0 Å². The first-order valence-electron chi connectivity index (χ1n) is 12.3. The second-order valence-corrected chi connectivity index (χ2v) is 10.7. The van der Waals surface area contributed by atoms with Crippen molar-refractivity contribution in [3.63, 3.8) is 0 Å². The average Bonchev–Trinajstić information content (AvgIpc) is 3.79. The van der Waals surface area contributed by atoms with Gasteiger partial charge in [0.05, 0.1) is 9.75 Å². The minimum Gasteiger partial charge on any atom is -0.485 e. The smallest absolute Gasteiger partial charge is 0.179 e. The number of hydrogen-bond acceptors (Lipinski definition) is 8. The molecule has 0 saturated heterocycles. The molecule has 10 heteroatoms. The predicted molar refractivity (Wildman–Crippen MR) is 150 cm³/mol. The number of ether oxygens (including phenoxy) is 4. The zero-order valence-corrected chi connectivity index (χ0v) is 21.7. The molecule has 0 fully saturated rings. The molecule has 8 nitrogen and oxygen atoms in total. The Labute approximate surface area is 225 Å². The van der Waals surface area contributed by atoms with Crippen molar-refractivity contribution in [2.24, 2.45) is 0 Å². The molecule has 0 radical (unpaired) electrons. The van der Waals surface area contributed by atoms with Crippen LogP contribution < -0.4 is 39.4 Å². The molecular weight excluding hydrogens is 520 g/mol. The molecule has 0 spiro atoms. The summed E-state index contributed by atoms with van der Waals surface area (Å²) in [6.45, 7) is 2.22. The number of rotatable bonds is 4. The molecule has 3 aliphatic heterocycles. The molecule has 2 N–H and O–H groups in total. The Balaban J connectivity index is 1.42. The maximum Gasteiger partial charge on any atom is 0.179 e. The molecular formula is C28H22N4O4S2. The van der Waals surface area contributed by atoms with Crippen LogP contribution in [0.4, 0.5) is 11.6 Å². The summed E-state index contributed by atoms with van der Waals surface area (Å²) < 4.78 is 23.9. The van der Waals surface area contributed by atoms with Gasteiger partial charge < -0.3 is 28.9 Å². The van der Waals surface area contributed by atoms with E-state index in [2.05, 4.69) is 56.7 Å². The molecule has 38 heavy (non-hydrogen) atoms. The summed E-state index contributed by atoms with van der Waals surface area (Å²) in [7, 11) is 0. The fourth-order valence-electron chi connectivity index (χ4n) is 5.08. The number of hydrazine groups is 1. The number of hydrogen-bond donors (Lipinski definition) is 2. The predicted octanol–water partition coefficient (Wildman–Crippen LogP) is 4.76. The van der Waals surface area contributed by atoms with Gasteiger partial charge in [0.1, 0.15) is 38.1 Å². The van der Waals surface area contributed by atoms with Gasteiger partial charge >= 0.3 is 0 Å². The maximum atomic E-state index is 6.09. The van der Waals surface area contributed by atoms with Crippen molar-refractivity contribution >= 4 is 46.7 Å². The average molecular weight is 543 g/mol. The number of aromatic nitrogens is 2. The molecule has 4 aromatic heterocycles. The van der Waals surface area contributed by atoms with Crippen LogP contribution in [0, 0.1) is 0 Å². The van der Waals surface area contributed by atoms with E-state index in [0.717, 1.165) is 66.0 Å². The molecule has 0 unspecified atom stereocenters. The Kier molecular flexibility index (Phi) is 4.95. The third-order valence-electron chi connectivity index (χ3n) is 6.77. The van der Waals surface area contributed by atoms with Crippen molar-refractivity contribution in [1.82, 2.24) is 9.97 Å². The highest BCUT2D eigenvalue weighted by atomic mass is 32.1. The van der Waals surface area contributed by atoms with E-state index in [1.807, 2.05) is 35.3 Å². The highest BCUT2D eigenvalue weighted by Gasteiger charge is 2.27. The zero-order valence-electron chi connectivity index (χ0n) is 20.1. The number of H-pyrrole nitrogens is 2. The van der Waals surface area contributed by atoms with E-state index in [4.69, 9.17) is 18.9 Å². The Morgan fingerprint density at radius 2 is 1.08 bits per heavy atom. The van der Waals surface area contributed by atoms with Gasteiger partial charge in [-0.3, -0.25) is 0 Å². The van der Waals surface area contributed by atoms with Crippen LogP contribution in [-0.4, -0.2) is 36.4 Å². The number of nitrogens with zero attached hydrogens (tertiary/aromatic N) is 2. The first kappa shape index (κ1) is 21.8. The fourth-order valence-corrected chi connectivity index (χ4v) is 7.02. The highest BCUT2D eigenvalue weighted by Crippen LogP contribution is 2.47. The molecule has 0 saturated carbocycles. The lowest BCUT2D eigenvalue weighted by atomic mass is 10.0. The molecule has 5 aromatic rings. The van der Waals surface area contributed by atoms with E-state index in [9.17, 15) is 0 Å². The summed E-state index contributed by atoms with van der Waals surface area (Å²) in [5, 5.41) is 10.5. The molecule has 1 aromatic carbocycles. The summed E-state index contributed by atoms with van der Waals surface area (Å²) in [4.78, 5) is 8.83. The largest absolute Gasteiger partial charge is 0.485 e. The lowest BCUT2D eigenvalue weighted by molar-refractivity contribution is 0.174. The summed E-state index contributed by atoms with van der Waals surface area (Å²) >= 11 is 3.29. The first-order valence-corrected chi connectivity index (χ1v) is 14.1. The number of benzene rings is 1. The van der Waals surface area contributed by atoms with E-state index in [1.165, 1.54) is 0 Å². The number of aromatic amines is 2. The highest BCUT2D eigenvalue weighted by molar-refractivity contribution is 7.14. The van der Waals surface area contributed by atoms with Crippen LogP contribution in [0.25, 0.3) is 33.3 Å². The molecule has 3 aliphatic rings. The summed E-state index contributed by atoms with van der Waals surface area (Å²) in [6, 6.07) is 12.5. The summed E-state index contributed by atoms with van der Waals surface area (Å²) in [5.74, 6) is 5.12. The number of nitrogens with one attached hydrogen (secondary N) is 2. The Morgan fingerprint density at radius 1 is 0.605 bits per heavy atom. The Hall–Kier alpha value is -4.28. The van der Waals surface area contributed by atoms with Gasteiger partial charge in [0.25, 0.3) is 0 Å². The molecule has 0 amide bonds. The molecule has 0 atom stereocenters. The normalized spacial score (nSPS) is 15.6. The van der Waals surface area contributed by atoms with Gasteiger partial charge in [-0.2, -0.15) is 0 Å². The molecule has 0 aliphatic carbocycles. The van der Waals surface area contributed by atoms with Crippen LogP contribution >= 0.6 is 22.7 Å². The molecule has 0 bridgehead atoms. The summed E-state index contributed by atoms with van der Waals surface area (Å²) in [6.07, 6.45) is 8.21. The first-order chi connectivity index (χ1) is 18.8. The molecule has 8 rings (SSSR count). The van der Waals surface area contributed by atoms with Gasteiger partial charge in [-0.1, -0.05) is 12.1 Å². The topological polar surface area (TPSA) is 75.0 Å². The minimum atomic E-state index is 0.542. The van der Waals surface area contributed by atoms with Gasteiger partial charge in [-0.25, -0.2) is 10.0 Å². The number of thiophene rings is 2. The van der Waals surface area contributed by atoms with Gasteiger partial charge in [0.2, 0.25) is 0 Å². The number of anilines is 2. The van der Waals surface area contributed by atoms with E-state index < -0.39 is 0 Å². The van der Waals surface area contributed by atoms with Crippen LogP contribution in [0.3, 0.4) is 0 Å². The fraction of sp³-hybridized carbons (Fsp3) is 0.143. The van der Waals surface area contributed by atoms with Gasteiger partial charge in [-0.15, -0.1) is 22.7 Å². The van der Waals surface area contributed by atoms with Crippen molar-refractivity contribution in [3.05, 3.63) is 70.0 Å². The van der Waals surface area contributed by atoms with Crippen molar-refractivity contribution in [3.8, 4) is 43.9 Å². The van der Waals surface area contributed by atoms with E-state index >= 15 is 0 Å². The van der Waals surface area contributed by atoms with Gasteiger partial charge in [0, 0.05) is 57.1 Å². The lowest BCUT2D eigenvalue weighted by Crippen LogP contribution is -2.47. The van der Waals surface area contributed by atoms with Crippen LogP contribution in [0.2, 0.25) is 0 Å². The van der Waals surface area contributed by atoms with Crippen LogP contribution in [0.15, 0.2) is 59.6 Å². The second kappa shape index (κ2) is 8.64. The maximum absolute atomic E-state index is 6.09. The quantitative estimate of drug-likeness (QED) is 0.341. The monoisotopic (exact) mass is 542 g/mol. The third kappa shape index (κ3) is 3.34. The van der Waals surface area contributed by atoms with E-state index in [1.54, 1.807) is 22.7 Å². The Morgan fingerprint density at radius 3 is 1.53 bits per heavy atom. The summed E-state index contributed by atoms with van der Waals surface area (Å²) in [5.41, 5.74) is 2.17. The molecule has 7 heterocycles. The van der Waals surface area contributed by atoms with Crippen molar-refractivity contribution in [2.75, 3.05) is 36.4 Å². The minimum absolute atomic E-state index is 0.542. The van der Waals surface area contributed by atoms with Crippen molar-refractivity contribution < 1.29 is 18.9 Å². The van der Waals surface area contributed by atoms with Crippen molar-refractivity contribution in [1.29, 1.82) is 0 Å². The van der Waals surface area contributed by atoms with Gasteiger partial charge in [-0.05, 0) is 24.3 Å². The Bertz CT molecular complexity index is 1630. The standard InChI is InChI=1S/C28H22N4O4S2/c1-3-23(29-7-1)31-13-19-17(27-25-21(15-37-27)33-9-11-35-25)5-6-18(20(19)14-32(31)24-4-2-8-30-24)28-26-22(16-38-28)34-10-12-36-26/h1-8,13-16,29-30H,9-12H2. The van der Waals surface area contributed by atoms with Crippen LogP contribution in [0.1, 0.15) is 0 Å². The van der Waals surface area contributed by atoms with Crippen LogP contribution in [-0.2, 0) is 0 Å². The lowest BCUT2D eigenvalue weighted by Gasteiger charge is -2.33. The van der Waals surface area contributed by atoms with Gasteiger partial charge in [0.15, 0.2) is 23.0 Å². The number of fused-ring (bicyclic) bond motifs is 3. The third-order valence-corrected chi connectivity index (χ3v) is 8.72. The SMILES string of the molecule is C1=c2c(-c3scc4c3OCCO4)ccc(-c3scc4c3OCCO4)c2=CN(c2ccc[nH]2)N1c1ccc[nH]1. The molecule has 190 valence electrons. The van der Waals surface area contributed by atoms with E-state index in [-0.39, 0.29) is 0 Å². The second-order valence-electron chi connectivity index (χ2n) is 8.96. The van der Waals surface area contributed by atoms with E-state index in [0.29, 0.717) is 26.4 Å². The zero-order chi connectivity index (χ0) is 25.1.